The van der Waals surface area contributed by atoms with Crippen LogP contribution < -0.4 is 0 Å². The lowest BCUT2D eigenvalue weighted by Gasteiger charge is -2.10. The highest BCUT2D eigenvalue weighted by atomic mass is 79.9. The molecule has 1 aromatic carbocycles. The minimum atomic E-state index is -0.0594. The fourth-order valence-corrected chi connectivity index (χ4v) is 2.99. The van der Waals surface area contributed by atoms with Crippen LogP contribution in [0.2, 0.25) is 0 Å². The standard InChI is InChI=1S/C15H14BrNO/c16-14(15(18)11-4-5-11)8-12-3-1-2-10-6-7-17-9-13(10)12/h1-3,6-7,9,11,14H,4-5,8H2. The van der Waals surface area contributed by atoms with Gasteiger partial charge in [-0.3, -0.25) is 9.78 Å². The molecule has 0 spiro atoms. The zero-order valence-electron chi connectivity index (χ0n) is 9.97. The van der Waals surface area contributed by atoms with Gasteiger partial charge in [0.1, 0.15) is 5.78 Å². The van der Waals surface area contributed by atoms with Crippen LogP contribution in [-0.4, -0.2) is 15.6 Å². The zero-order chi connectivity index (χ0) is 12.5. The van der Waals surface area contributed by atoms with E-state index < -0.39 is 0 Å². The van der Waals surface area contributed by atoms with Gasteiger partial charge in [-0.05, 0) is 36.3 Å². The van der Waals surface area contributed by atoms with E-state index in [4.69, 9.17) is 0 Å². The number of benzene rings is 1. The van der Waals surface area contributed by atoms with Gasteiger partial charge in [0.15, 0.2) is 0 Å². The summed E-state index contributed by atoms with van der Waals surface area (Å²) in [4.78, 5) is 16.1. The van der Waals surface area contributed by atoms with Gasteiger partial charge in [0.25, 0.3) is 0 Å². The molecule has 0 N–H and O–H groups in total. The van der Waals surface area contributed by atoms with E-state index in [1.807, 2.05) is 18.3 Å². The van der Waals surface area contributed by atoms with Crippen LogP contribution in [0.25, 0.3) is 10.8 Å². The molecule has 92 valence electrons. The van der Waals surface area contributed by atoms with E-state index in [1.165, 1.54) is 10.9 Å². The summed E-state index contributed by atoms with van der Waals surface area (Å²) in [5.41, 5.74) is 1.19. The topological polar surface area (TPSA) is 30.0 Å². The van der Waals surface area contributed by atoms with Crippen molar-refractivity contribution in [1.82, 2.24) is 4.98 Å². The summed E-state index contributed by atoms with van der Waals surface area (Å²) in [6.07, 6.45) is 6.56. The number of hydrogen-bond acceptors (Lipinski definition) is 2. The van der Waals surface area contributed by atoms with Gasteiger partial charge >= 0.3 is 0 Å². The van der Waals surface area contributed by atoms with Crippen LogP contribution in [0.5, 0.6) is 0 Å². The van der Waals surface area contributed by atoms with Gasteiger partial charge in [0, 0.05) is 23.7 Å². The number of Topliss-reactive ketones (excluding diaryl/α,β-unsaturated/α-hetero) is 1. The van der Waals surface area contributed by atoms with E-state index in [9.17, 15) is 4.79 Å². The Morgan fingerprint density at radius 2 is 2.22 bits per heavy atom. The molecule has 3 heteroatoms. The van der Waals surface area contributed by atoms with Crippen LogP contribution in [0.3, 0.4) is 0 Å². The van der Waals surface area contributed by atoms with E-state index in [0.717, 1.165) is 24.6 Å². The van der Waals surface area contributed by atoms with Gasteiger partial charge in [-0.2, -0.15) is 0 Å². The molecule has 1 saturated carbocycles. The Hall–Kier alpha value is -1.22. The number of fused-ring (bicyclic) bond motifs is 1. The molecule has 18 heavy (non-hydrogen) atoms. The molecule has 0 amide bonds. The van der Waals surface area contributed by atoms with Crippen LogP contribution in [0.15, 0.2) is 36.7 Å². The van der Waals surface area contributed by atoms with Crippen molar-refractivity contribution in [1.29, 1.82) is 0 Å². The molecular formula is C15H14BrNO. The second-order valence-corrected chi connectivity index (χ2v) is 5.97. The highest BCUT2D eigenvalue weighted by Crippen LogP contribution is 2.33. The second kappa shape index (κ2) is 4.81. The third-order valence-electron chi connectivity index (χ3n) is 3.46. The molecule has 1 aromatic heterocycles. The predicted molar refractivity (Wildman–Crippen MR) is 75.9 cm³/mol. The number of nitrogens with zero attached hydrogens (tertiary/aromatic N) is 1. The summed E-state index contributed by atoms with van der Waals surface area (Å²) in [5, 5.41) is 2.33. The quantitative estimate of drug-likeness (QED) is 0.809. The van der Waals surface area contributed by atoms with Gasteiger partial charge in [-0.1, -0.05) is 34.1 Å². The lowest BCUT2D eigenvalue weighted by molar-refractivity contribution is -0.119. The van der Waals surface area contributed by atoms with Crippen LogP contribution in [0.1, 0.15) is 18.4 Å². The summed E-state index contributed by atoms with van der Waals surface area (Å²) < 4.78 is 0. The molecule has 0 aliphatic heterocycles. The Morgan fingerprint density at radius 3 is 3.00 bits per heavy atom. The monoisotopic (exact) mass is 303 g/mol. The Labute approximate surface area is 115 Å². The number of carbonyl (C=O) groups excluding carboxylic acids is 1. The van der Waals surface area contributed by atoms with Crippen molar-refractivity contribution in [2.45, 2.75) is 24.1 Å². The average molecular weight is 304 g/mol. The highest BCUT2D eigenvalue weighted by molar-refractivity contribution is 9.10. The molecule has 0 radical (unpaired) electrons. The van der Waals surface area contributed by atoms with Gasteiger partial charge in [0.2, 0.25) is 0 Å². The predicted octanol–water partition coefficient (Wildman–Crippen LogP) is 3.52. The van der Waals surface area contributed by atoms with Gasteiger partial charge in [-0.15, -0.1) is 0 Å². The molecular weight excluding hydrogens is 290 g/mol. The largest absolute Gasteiger partial charge is 0.298 e. The first-order chi connectivity index (χ1) is 8.75. The lowest BCUT2D eigenvalue weighted by atomic mass is 10.0. The molecule has 0 saturated heterocycles. The fourth-order valence-electron chi connectivity index (χ4n) is 2.27. The third-order valence-corrected chi connectivity index (χ3v) is 4.24. The van der Waals surface area contributed by atoms with Crippen molar-refractivity contribution in [3.8, 4) is 0 Å². The van der Waals surface area contributed by atoms with Gasteiger partial charge in [0.05, 0.1) is 4.83 Å². The summed E-state index contributed by atoms with van der Waals surface area (Å²) >= 11 is 3.54. The maximum absolute atomic E-state index is 12.0. The summed E-state index contributed by atoms with van der Waals surface area (Å²) in [5.74, 6) is 0.665. The molecule has 3 rings (SSSR count). The fraction of sp³-hybridized carbons (Fsp3) is 0.333. The van der Waals surface area contributed by atoms with Crippen molar-refractivity contribution in [3.63, 3.8) is 0 Å². The molecule has 2 aromatic rings. The van der Waals surface area contributed by atoms with Gasteiger partial charge in [-0.25, -0.2) is 0 Å². The second-order valence-electron chi connectivity index (χ2n) is 4.86. The van der Waals surface area contributed by atoms with Crippen LogP contribution in [-0.2, 0) is 11.2 Å². The van der Waals surface area contributed by atoms with Crippen molar-refractivity contribution in [3.05, 3.63) is 42.2 Å². The minimum absolute atomic E-state index is 0.0594. The van der Waals surface area contributed by atoms with E-state index in [2.05, 4.69) is 33.0 Å². The molecule has 1 atom stereocenters. The normalized spacial score (nSPS) is 16.7. The Kier molecular flexibility index (Phi) is 3.16. The van der Waals surface area contributed by atoms with Crippen molar-refractivity contribution < 1.29 is 4.79 Å². The number of pyridine rings is 1. The van der Waals surface area contributed by atoms with Gasteiger partial charge < -0.3 is 0 Å². The SMILES string of the molecule is O=C(C(Br)Cc1cccc2ccncc12)C1CC1. The molecule has 0 bridgehead atoms. The van der Waals surface area contributed by atoms with Crippen LogP contribution in [0, 0.1) is 5.92 Å². The van der Waals surface area contributed by atoms with E-state index in [1.54, 1.807) is 6.20 Å². The molecule has 2 nitrogen and oxygen atoms in total. The number of halogens is 1. The van der Waals surface area contributed by atoms with Crippen molar-refractivity contribution >= 4 is 32.5 Å². The van der Waals surface area contributed by atoms with Crippen LogP contribution in [0.4, 0.5) is 0 Å². The maximum Gasteiger partial charge on any atom is 0.149 e. The number of carbonyl (C=O) groups is 1. The summed E-state index contributed by atoms with van der Waals surface area (Å²) in [6.45, 7) is 0. The summed E-state index contributed by atoms with van der Waals surface area (Å²) in [7, 11) is 0. The lowest BCUT2D eigenvalue weighted by Crippen LogP contribution is -2.18. The molecule has 1 aliphatic carbocycles. The third kappa shape index (κ3) is 2.32. The molecule has 1 aliphatic rings. The first-order valence-corrected chi connectivity index (χ1v) is 7.16. The zero-order valence-corrected chi connectivity index (χ0v) is 11.6. The number of alkyl halides is 1. The smallest absolute Gasteiger partial charge is 0.149 e. The molecule has 1 heterocycles. The van der Waals surface area contributed by atoms with Crippen molar-refractivity contribution in [2.75, 3.05) is 0 Å². The highest BCUT2D eigenvalue weighted by Gasteiger charge is 2.33. The Morgan fingerprint density at radius 1 is 1.39 bits per heavy atom. The number of rotatable bonds is 4. The number of ketones is 1. The van der Waals surface area contributed by atoms with E-state index >= 15 is 0 Å². The van der Waals surface area contributed by atoms with Crippen LogP contribution >= 0.6 is 15.9 Å². The molecule has 1 unspecified atom stereocenters. The summed E-state index contributed by atoms with van der Waals surface area (Å²) in [6, 6.07) is 8.20. The first-order valence-electron chi connectivity index (χ1n) is 6.25. The van der Waals surface area contributed by atoms with E-state index in [-0.39, 0.29) is 4.83 Å². The van der Waals surface area contributed by atoms with Crippen molar-refractivity contribution in [2.24, 2.45) is 5.92 Å². The minimum Gasteiger partial charge on any atom is -0.298 e. The number of aromatic nitrogens is 1. The Bertz CT molecular complexity index is 587. The molecule has 1 fully saturated rings. The Balaban J connectivity index is 1.87. The maximum atomic E-state index is 12.0. The van der Waals surface area contributed by atoms with E-state index in [0.29, 0.717) is 11.7 Å². The number of hydrogen-bond donors (Lipinski definition) is 0. The first kappa shape index (κ1) is 11.8. The average Bonchev–Trinajstić information content (AvgIpc) is 3.22.